The second kappa shape index (κ2) is 5.30. The normalized spacial score (nSPS) is 21.5. The van der Waals surface area contributed by atoms with Gasteiger partial charge in [0, 0.05) is 5.75 Å². The van der Waals surface area contributed by atoms with Crippen LogP contribution in [0.5, 0.6) is 0 Å². The molecule has 3 aromatic carbocycles. The number of fused-ring (bicyclic) bond motifs is 2. The van der Waals surface area contributed by atoms with Gasteiger partial charge in [0.2, 0.25) is 0 Å². The summed E-state index contributed by atoms with van der Waals surface area (Å²) in [6.45, 7) is 0. The molecule has 22 heavy (non-hydrogen) atoms. The first-order valence-electron chi connectivity index (χ1n) is 7.25. The van der Waals surface area contributed by atoms with Gasteiger partial charge in [0.1, 0.15) is 6.04 Å². The van der Waals surface area contributed by atoms with Crippen molar-refractivity contribution in [2.24, 2.45) is 0 Å². The third-order valence-corrected chi connectivity index (χ3v) is 5.39. The fraction of sp³-hybridized carbons (Fsp3) is 0.167. The average molecular weight is 309 g/mol. The van der Waals surface area contributed by atoms with E-state index in [4.69, 9.17) is 0 Å². The van der Waals surface area contributed by atoms with Crippen molar-refractivity contribution in [3.8, 4) is 0 Å². The molecule has 0 spiro atoms. The molecular weight excluding hydrogens is 294 g/mol. The molecule has 0 aromatic heterocycles. The Kier molecular flexibility index (Phi) is 3.28. The van der Waals surface area contributed by atoms with Gasteiger partial charge < -0.3 is 5.11 Å². The number of thioether (sulfide) groups is 1. The molecule has 0 unspecified atom stereocenters. The molecule has 0 saturated carbocycles. The highest BCUT2D eigenvalue weighted by molar-refractivity contribution is 7.99. The zero-order valence-electron chi connectivity index (χ0n) is 11.8. The molecule has 4 rings (SSSR count). The smallest absolute Gasteiger partial charge is 0.321 e. The van der Waals surface area contributed by atoms with Gasteiger partial charge in [-0.1, -0.05) is 48.5 Å². The van der Waals surface area contributed by atoms with Crippen molar-refractivity contribution in [1.29, 1.82) is 0 Å². The predicted octanol–water partition coefficient (Wildman–Crippen LogP) is 3.78. The highest BCUT2D eigenvalue weighted by Gasteiger charge is 2.32. The largest absolute Gasteiger partial charge is 0.480 e. The average Bonchev–Trinajstić information content (AvgIpc) is 3.02. The Bertz CT molecular complexity index is 823. The van der Waals surface area contributed by atoms with Crippen molar-refractivity contribution >= 4 is 39.3 Å². The van der Waals surface area contributed by atoms with Crippen molar-refractivity contribution in [2.45, 2.75) is 11.4 Å². The van der Waals surface area contributed by atoms with Gasteiger partial charge in [0.25, 0.3) is 0 Å². The molecule has 0 radical (unpaired) electrons. The molecule has 1 saturated heterocycles. The van der Waals surface area contributed by atoms with Gasteiger partial charge in [0.15, 0.2) is 0 Å². The second-order valence-corrected chi connectivity index (χ2v) is 6.64. The topological polar surface area (TPSA) is 49.3 Å². The molecule has 0 amide bonds. The van der Waals surface area contributed by atoms with Crippen LogP contribution in [0, 0.1) is 0 Å². The molecule has 1 aliphatic rings. The van der Waals surface area contributed by atoms with E-state index in [1.165, 1.54) is 27.1 Å². The summed E-state index contributed by atoms with van der Waals surface area (Å²) in [6, 6.07) is 18.3. The van der Waals surface area contributed by atoms with Gasteiger partial charge in [-0.05, 0) is 33.2 Å². The van der Waals surface area contributed by atoms with Crippen molar-refractivity contribution in [1.82, 2.24) is 5.32 Å². The molecule has 4 heteroatoms. The van der Waals surface area contributed by atoms with Crippen LogP contribution in [0.1, 0.15) is 10.9 Å². The molecule has 0 aliphatic carbocycles. The first-order chi connectivity index (χ1) is 10.7. The van der Waals surface area contributed by atoms with Crippen LogP contribution in [0.3, 0.4) is 0 Å². The Morgan fingerprint density at radius 3 is 2.18 bits per heavy atom. The zero-order chi connectivity index (χ0) is 15.1. The zero-order valence-corrected chi connectivity index (χ0v) is 12.6. The summed E-state index contributed by atoms with van der Waals surface area (Å²) in [5.74, 6) is -0.183. The number of hydrogen-bond acceptors (Lipinski definition) is 3. The highest BCUT2D eigenvalue weighted by Crippen LogP contribution is 2.40. The van der Waals surface area contributed by atoms with Crippen LogP contribution < -0.4 is 5.32 Å². The lowest BCUT2D eigenvalue weighted by Gasteiger charge is -2.17. The molecule has 3 nitrogen and oxygen atoms in total. The van der Waals surface area contributed by atoms with Gasteiger partial charge in [0.05, 0.1) is 5.37 Å². The maximum absolute atomic E-state index is 11.2. The van der Waals surface area contributed by atoms with E-state index < -0.39 is 12.0 Å². The SMILES string of the molecule is O=C(O)[C@@H]1CS[C@H](c2c3ccccc3cc3ccccc23)N1. The van der Waals surface area contributed by atoms with Crippen LogP contribution in [0.2, 0.25) is 0 Å². The maximum atomic E-state index is 11.2. The van der Waals surface area contributed by atoms with Gasteiger partial charge >= 0.3 is 5.97 Å². The molecule has 1 fully saturated rings. The van der Waals surface area contributed by atoms with E-state index in [-0.39, 0.29) is 5.37 Å². The van der Waals surface area contributed by atoms with E-state index in [0.717, 1.165) is 0 Å². The minimum atomic E-state index is -0.778. The molecule has 3 aromatic rings. The monoisotopic (exact) mass is 309 g/mol. The maximum Gasteiger partial charge on any atom is 0.321 e. The summed E-state index contributed by atoms with van der Waals surface area (Å²) >= 11 is 1.67. The number of rotatable bonds is 2. The summed E-state index contributed by atoms with van der Waals surface area (Å²) in [4.78, 5) is 11.2. The first kappa shape index (κ1) is 13.6. The summed E-state index contributed by atoms with van der Waals surface area (Å²) in [6.07, 6.45) is 0. The number of hydrogen-bond donors (Lipinski definition) is 2. The number of carbonyl (C=O) groups is 1. The molecular formula is C18H15NO2S. The number of aliphatic carboxylic acids is 1. The van der Waals surface area contributed by atoms with Crippen LogP contribution in [-0.2, 0) is 4.79 Å². The minimum absolute atomic E-state index is 0.0112. The van der Waals surface area contributed by atoms with E-state index in [9.17, 15) is 9.90 Å². The standard InChI is InChI=1S/C18H15NO2S/c20-18(21)15-10-22-17(19-15)16-13-7-3-1-5-11(13)9-12-6-2-4-8-14(12)16/h1-9,15,17,19H,10H2,(H,20,21)/t15-,17+/m0/s1. The third-order valence-electron chi connectivity index (χ3n) is 4.16. The van der Waals surface area contributed by atoms with Gasteiger partial charge in [-0.3, -0.25) is 10.1 Å². The minimum Gasteiger partial charge on any atom is -0.480 e. The number of benzene rings is 3. The van der Waals surface area contributed by atoms with E-state index in [1.54, 1.807) is 11.8 Å². The van der Waals surface area contributed by atoms with Gasteiger partial charge in [-0.2, -0.15) is 0 Å². The van der Waals surface area contributed by atoms with Crippen LogP contribution >= 0.6 is 11.8 Å². The summed E-state index contributed by atoms with van der Waals surface area (Å²) in [5.41, 5.74) is 1.20. The molecule has 2 atom stereocenters. The molecule has 1 heterocycles. The van der Waals surface area contributed by atoms with Crippen molar-refractivity contribution in [2.75, 3.05) is 5.75 Å². The van der Waals surface area contributed by atoms with Crippen LogP contribution in [0.4, 0.5) is 0 Å². The number of carboxylic acids is 1. The quantitative estimate of drug-likeness (QED) is 0.707. The Morgan fingerprint density at radius 1 is 1.05 bits per heavy atom. The molecule has 0 bridgehead atoms. The number of nitrogens with one attached hydrogen (secondary N) is 1. The van der Waals surface area contributed by atoms with E-state index in [0.29, 0.717) is 5.75 Å². The summed E-state index contributed by atoms with van der Waals surface area (Å²) < 4.78 is 0. The Labute approximate surface area is 132 Å². The Balaban J connectivity index is 1.95. The summed E-state index contributed by atoms with van der Waals surface area (Å²) in [7, 11) is 0. The van der Waals surface area contributed by atoms with Crippen LogP contribution in [0.15, 0.2) is 54.6 Å². The van der Waals surface area contributed by atoms with Crippen LogP contribution in [0.25, 0.3) is 21.5 Å². The lowest BCUT2D eigenvalue weighted by molar-refractivity contribution is -0.138. The predicted molar refractivity (Wildman–Crippen MR) is 91.2 cm³/mol. The first-order valence-corrected chi connectivity index (χ1v) is 8.30. The molecule has 2 N–H and O–H groups in total. The Morgan fingerprint density at radius 2 is 1.64 bits per heavy atom. The number of carboxylic acid groups (broad SMARTS) is 1. The molecule has 110 valence electrons. The van der Waals surface area contributed by atoms with Crippen LogP contribution in [-0.4, -0.2) is 22.9 Å². The van der Waals surface area contributed by atoms with Gasteiger partial charge in [-0.15, -0.1) is 11.8 Å². The highest BCUT2D eigenvalue weighted by atomic mass is 32.2. The van der Waals surface area contributed by atoms with Crippen molar-refractivity contribution < 1.29 is 9.90 Å². The van der Waals surface area contributed by atoms with Crippen molar-refractivity contribution in [3.05, 3.63) is 60.2 Å². The third kappa shape index (κ3) is 2.16. The van der Waals surface area contributed by atoms with E-state index in [2.05, 4.69) is 35.6 Å². The fourth-order valence-corrected chi connectivity index (χ4v) is 4.42. The van der Waals surface area contributed by atoms with E-state index in [1.807, 2.05) is 24.3 Å². The second-order valence-electron chi connectivity index (χ2n) is 5.50. The lowest BCUT2D eigenvalue weighted by atomic mass is 9.96. The Hall–Kier alpha value is -2.04. The summed E-state index contributed by atoms with van der Waals surface area (Å²) in [5, 5.41) is 17.3. The fourth-order valence-electron chi connectivity index (χ4n) is 3.11. The molecule has 1 aliphatic heterocycles. The van der Waals surface area contributed by atoms with E-state index >= 15 is 0 Å². The van der Waals surface area contributed by atoms with Crippen molar-refractivity contribution in [3.63, 3.8) is 0 Å². The lowest BCUT2D eigenvalue weighted by Crippen LogP contribution is -2.33. The van der Waals surface area contributed by atoms with Gasteiger partial charge in [-0.25, -0.2) is 0 Å².